The van der Waals surface area contributed by atoms with E-state index in [9.17, 15) is 9.59 Å². The monoisotopic (exact) mass is 585 g/mol. The smallest absolute Gasteiger partial charge is 0.379 e. The topological polar surface area (TPSA) is 189 Å². The first-order valence-corrected chi connectivity index (χ1v) is 12.5. The number of nitrogens with zero attached hydrogens (tertiary/aromatic N) is 7. The van der Waals surface area contributed by atoms with Gasteiger partial charge < -0.3 is 19.6 Å². The number of piperidine rings is 1. The summed E-state index contributed by atoms with van der Waals surface area (Å²) in [4.78, 5) is 27.9. The third-order valence-corrected chi connectivity index (χ3v) is 6.48. The van der Waals surface area contributed by atoms with Crippen molar-refractivity contribution in [3.63, 3.8) is 0 Å². The van der Waals surface area contributed by atoms with Crippen molar-refractivity contribution in [1.82, 2.24) is 35.6 Å². The van der Waals surface area contributed by atoms with Gasteiger partial charge in [0.15, 0.2) is 17.2 Å². The maximum atomic E-state index is 13.2. The molecule has 1 atom stereocenters. The van der Waals surface area contributed by atoms with E-state index in [1.54, 1.807) is 24.3 Å². The number of ether oxygens (including phenoxy) is 2. The second-order valence-electron chi connectivity index (χ2n) is 9.03. The first-order valence-electron chi connectivity index (χ1n) is 12.5. The number of nitrogens with two attached hydrogens (primary N) is 1. The zero-order chi connectivity index (χ0) is 28.1. The van der Waals surface area contributed by atoms with Gasteiger partial charge in [0.1, 0.15) is 0 Å². The van der Waals surface area contributed by atoms with Crippen molar-refractivity contribution in [1.29, 1.82) is 0 Å². The van der Waals surface area contributed by atoms with Gasteiger partial charge in [-0.15, -0.1) is 17.5 Å². The average Bonchev–Trinajstić information content (AvgIpc) is 3.72. The SMILES string of the molecule is COc1cccc(/C=N\NC(=O)c2nnn(-c3nonc3N)c2CN2CCCCC2C)c1OC(=O)c1ccco1.Cl. The number of para-hydroxylation sites is 1. The molecule has 0 aliphatic carbocycles. The number of benzene rings is 1. The minimum absolute atomic E-state index is 0. The van der Waals surface area contributed by atoms with Crippen LogP contribution in [0.3, 0.4) is 0 Å². The number of rotatable bonds is 9. The number of halogens is 1. The Morgan fingerprint density at radius 1 is 1.24 bits per heavy atom. The molecule has 5 rings (SSSR count). The van der Waals surface area contributed by atoms with Crippen molar-refractivity contribution in [3.8, 4) is 17.3 Å². The highest BCUT2D eigenvalue weighted by Gasteiger charge is 2.28. The van der Waals surface area contributed by atoms with Gasteiger partial charge in [0.2, 0.25) is 17.4 Å². The molecule has 1 aliphatic rings. The summed E-state index contributed by atoms with van der Waals surface area (Å²) in [5.74, 6) is -0.786. The highest BCUT2D eigenvalue weighted by molar-refractivity contribution is 5.95. The molecule has 4 aromatic rings. The zero-order valence-electron chi connectivity index (χ0n) is 22.2. The summed E-state index contributed by atoms with van der Waals surface area (Å²) < 4.78 is 22.0. The molecule has 216 valence electrons. The summed E-state index contributed by atoms with van der Waals surface area (Å²) in [6.07, 6.45) is 5.90. The van der Waals surface area contributed by atoms with E-state index >= 15 is 0 Å². The summed E-state index contributed by atoms with van der Waals surface area (Å²) in [5, 5.41) is 19.6. The molecule has 3 aromatic heterocycles. The van der Waals surface area contributed by atoms with Gasteiger partial charge in [-0.05, 0) is 60.9 Å². The average molecular weight is 586 g/mol. The van der Waals surface area contributed by atoms with Gasteiger partial charge in [0, 0.05) is 18.2 Å². The quantitative estimate of drug-likeness (QED) is 0.127. The largest absolute Gasteiger partial charge is 0.493 e. The van der Waals surface area contributed by atoms with Crippen LogP contribution in [0.15, 0.2) is 50.7 Å². The standard InChI is InChI=1S/C25H27N9O6.ClH/c1-15-7-3-4-11-33(15)14-17-20(28-32-34(17)23-22(26)30-40-31-23)24(35)29-27-13-16-8-5-9-18(37-2)21(16)39-25(36)19-10-6-12-38-19;/h5-6,8-10,12-13,15H,3-4,7,11,14H2,1-2H3,(H2,26,30)(H,29,35);1H/b27-13-;. The third-order valence-electron chi connectivity index (χ3n) is 6.48. The van der Waals surface area contributed by atoms with E-state index in [-0.39, 0.29) is 47.0 Å². The van der Waals surface area contributed by atoms with Gasteiger partial charge in [0.25, 0.3) is 5.91 Å². The Balaban J connectivity index is 0.00000387. The molecule has 0 bridgehead atoms. The second-order valence-corrected chi connectivity index (χ2v) is 9.03. The minimum atomic E-state index is -0.719. The van der Waals surface area contributed by atoms with E-state index in [1.807, 2.05) is 0 Å². The van der Waals surface area contributed by atoms with E-state index in [0.717, 1.165) is 25.8 Å². The summed E-state index contributed by atoms with van der Waals surface area (Å²) in [6.45, 7) is 3.36. The Bertz CT molecular complexity index is 1520. The molecule has 15 nitrogen and oxygen atoms in total. The van der Waals surface area contributed by atoms with Crippen LogP contribution in [0, 0.1) is 0 Å². The highest BCUT2D eigenvalue weighted by atomic mass is 35.5. The van der Waals surface area contributed by atoms with Crippen LogP contribution in [0.5, 0.6) is 11.5 Å². The number of hydrogen-bond acceptors (Lipinski definition) is 13. The molecule has 3 N–H and O–H groups in total. The first-order chi connectivity index (χ1) is 19.5. The van der Waals surface area contributed by atoms with Crippen molar-refractivity contribution in [3.05, 3.63) is 59.3 Å². The first kappa shape index (κ1) is 29.2. The van der Waals surface area contributed by atoms with Crippen LogP contribution < -0.4 is 20.6 Å². The molecule has 1 saturated heterocycles. The number of esters is 1. The van der Waals surface area contributed by atoms with Gasteiger partial charge in [-0.1, -0.05) is 17.7 Å². The molecule has 1 fully saturated rings. The molecule has 1 aliphatic heterocycles. The molecular formula is C25H28ClN9O6. The fourth-order valence-corrected chi connectivity index (χ4v) is 4.37. The van der Waals surface area contributed by atoms with E-state index < -0.39 is 11.9 Å². The number of anilines is 1. The molecule has 41 heavy (non-hydrogen) atoms. The van der Waals surface area contributed by atoms with Crippen molar-refractivity contribution in [2.24, 2.45) is 5.10 Å². The number of nitrogens with one attached hydrogen (secondary N) is 1. The predicted octanol–water partition coefficient (Wildman–Crippen LogP) is 2.61. The van der Waals surface area contributed by atoms with E-state index in [0.29, 0.717) is 23.8 Å². The predicted molar refractivity (Wildman–Crippen MR) is 146 cm³/mol. The Kier molecular flexibility index (Phi) is 9.31. The lowest BCUT2D eigenvalue weighted by atomic mass is 10.0. The zero-order valence-corrected chi connectivity index (χ0v) is 23.0. The van der Waals surface area contributed by atoms with Crippen LogP contribution >= 0.6 is 12.4 Å². The molecule has 16 heteroatoms. The van der Waals surface area contributed by atoms with Crippen molar-refractivity contribution >= 4 is 36.3 Å². The molecule has 1 amide bonds. The number of methoxy groups -OCH3 is 1. The van der Waals surface area contributed by atoms with E-state index in [2.05, 4.69) is 43.0 Å². The third kappa shape index (κ3) is 6.36. The number of nitrogen functional groups attached to an aromatic ring is 1. The molecule has 0 saturated carbocycles. The highest BCUT2D eigenvalue weighted by Crippen LogP contribution is 2.31. The summed E-state index contributed by atoms with van der Waals surface area (Å²) in [5.41, 5.74) is 9.21. The Hall–Kier alpha value is -4.76. The van der Waals surface area contributed by atoms with Gasteiger partial charge in [-0.25, -0.2) is 14.8 Å². The maximum absolute atomic E-state index is 13.2. The molecule has 0 radical (unpaired) electrons. The lowest BCUT2D eigenvalue weighted by Gasteiger charge is -2.33. The van der Waals surface area contributed by atoms with Crippen LogP contribution in [0.1, 0.15) is 58.5 Å². The Labute approximate surface area is 240 Å². The second kappa shape index (κ2) is 13.1. The van der Waals surface area contributed by atoms with Crippen molar-refractivity contribution in [2.45, 2.75) is 38.8 Å². The van der Waals surface area contributed by atoms with E-state index in [1.165, 1.54) is 30.3 Å². The number of hydrogen-bond donors (Lipinski definition) is 2. The van der Waals surface area contributed by atoms with Crippen molar-refractivity contribution < 1.29 is 28.1 Å². The molecule has 4 heterocycles. The van der Waals surface area contributed by atoms with Crippen LogP contribution in [0.4, 0.5) is 5.82 Å². The number of furan rings is 1. The number of amides is 1. The molecule has 1 unspecified atom stereocenters. The van der Waals surface area contributed by atoms with Crippen LogP contribution in [-0.2, 0) is 6.54 Å². The van der Waals surface area contributed by atoms with Gasteiger partial charge >= 0.3 is 5.97 Å². The number of aromatic nitrogens is 5. The van der Waals surface area contributed by atoms with Crippen LogP contribution in [-0.4, -0.2) is 68.0 Å². The van der Waals surface area contributed by atoms with Crippen LogP contribution in [0.25, 0.3) is 5.82 Å². The Morgan fingerprint density at radius 3 is 2.80 bits per heavy atom. The normalized spacial score (nSPS) is 15.4. The van der Waals surface area contributed by atoms with Gasteiger partial charge in [-0.3, -0.25) is 9.69 Å². The fourth-order valence-electron chi connectivity index (χ4n) is 4.37. The lowest BCUT2D eigenvalue weighted by molar-refractivity contribution is 0.0695. The summed E-state index contributed by atoms with van der Waals surface area (Å²) >= 11 is 0. The molecule has 0 spiro atoms. The molecular weight excluding hydrogens is 558 g/mol. The van der Waals surface area contributed by atoms with Gasteiger partial charge in [-0.2, -0.15) is 9.78 Å². The fraction of sp³-hybridized carbons (Fsp3) is 0.320. The number of carbonyl (C=O) groups is 2. The van der Waals surface area contributed by atoms with E-state index in [4.69, 9.17) is 24.3 Å². The lowest BCUT2D eigenvalue weighted by Crippen LogP contribution is -2.38. The van der Waals surface area contributed by atoms with Gasteiger partial charge in [0.05, 0.1) is 25.3 Å². The molecule has 1 aromatic carbocycles. The number of likely N-dealkylation sites (tertiary alicyclic amines) is 1. The number of carbonyl (C=O) groups excluding carboxylic acids is 2. The summed E-state index contributed by atoms with van der Waals surface area (Å²) in [6, 6.07) is 8.30. The number of hydrazone groups is 1. The Morgan fingerprint density at radius 2 is 2.10 bits per heavy atom. The maximum Gasteiger partial charge on any atom is 0.379 e. The minimum Gasteiger partial charge on any atom is -0.493 e. The summed E-state index contributed by atoms with van der Waals surface area (Å²) in [7, 11) is 1.44. The van der Waals surface area contributed by atoms with Crippen molar-refractivity contribution in [2.75, 3.05) is 19.4 Å². The van der Waals surface area contributed by atoms with Crippen LogP contribution in [0.2, 0.25) is 0 Å².